The number of aromatic nitrogens is 6. The summed E-state index contributed by atoms with van der Waals surface area (Å²) in [5, 5.41) is 28.2. The molecule has 40 heavy (non-hydrogen) atoms. The fourth-order valence-corrected chi connectivity index (χ4v) is 4.66. The number of carbonyl (C=O) groups is 1. The van der Waals surface area contributed by atoms with Crippen LogP contribution in [0.15, 0.2) is 47.3 Å². The van der Waals surface area contributed by atoms with Crippen LogP contribution >= 0.6 is 0 Å². The number of aliphatic hydroxyl groups is 1. The van der Waals surface area contributed by atoms with Crippen molar-refractivity contribution in [2.75, 3.05) is 25.0 Å². The Morgan fingerprint density at radius 2 is 2.08 bits per heavy atom. The lowest BCUT2D eigenvalue weighted by Crippen LogP contribution is -2.31. The van der Waals surface area contributed by atoms with Gasteiger partial charge < -0.3 is 20.2 Å². The van der Waals surface area contributed by atoms with Gasteiger partial charge >= 0.3 is 11.8 Å². The number of β-amino-alcohol motifs (C(OH)–C–C–N with tert-alkyl or cyclic N) is 1. The molecule has 4 aromatic rings. The second-order valence-electron chi connectivity index (χ2n) is 10.9. The van der Waals surface area contributed by atoms with Gasteiger partial charge in [0.25, 0.3) is 0 Å². The second-order valence-corrected chi connectivity index (χ2v) is 10.9. The van der Waals surface area contributed by atoms with Crippen LogP contribution in [-0.4, -0.2) is 65.6 Å². The molecule has 210 valence electrons. The third kappa shape index (κ3) is 6.18. The Balaban J connectivity index is 1.40. The van der Waals surface area contributed by atoms with Crippen LogP contribution in [0.4, 0.5) is 11.6 Å². The van der Waals surface area contributed by atoms with Crippen molar-refractivity contribution in [1.82, 2.24) is 40.2 Å². The number of carbonyl (C=O) groups excluding carboxylic acids is 1. The largest absolute Gasteiger partial charge is 0.416 e. The highest BCUT2D eigenvalue weighted by atomic mass is 16.4. The van der Waals surface area contributed by atoms with Gasteiger partial charge in [-0.15, -0.1) is 10.2 Å². The number of amides is 1. The van der Waals surface area contributed by atoms with Gasteiger partial charge in [0.15, 0.2) is 0 Å². The van der Waals surface area contributed by atoms with Gasteiger partial charge in [0, 0.05) is 49.6 Å². The van der Waals surface area contributed by atoms with Crippen LogP contribution in [0.1, 0.15) is 67.9 Å². The number of aliphatic hydroxyl groups excluding tert-OH is 1. The summed E-state index contributed by atoms with van der Waals surface area (Å²) in [6, 6.07) is 7.74. The lowest BCUT2D eigenvalue weighted by molar-refractivity contribution is 0.0893. The van der Waals surface area contributed by atoms with Crippen molar-refractivity contribution in [3.63, 3.8) is 0 Å². The Morgan fingerprint density at radius 3 is 2.80 bits per heavy atom. The number of anilines is 2. The smallest absolute Gasteiger partial charge is 0.309 e. The third-order valence-corrected chi connectivity index (χ3v) is 6.79. The molecule has 0 radical (unpaired) electrons. The van der Waals surface area contributed by atoms with E-state index in [9.17, 15) is 9.90 Å². The molecule has 0 saturated heterocycles. The van der Waals surface area contributed by atoms with Gasteiger partial charge in [0.1, 0.15) is 0 Å². The summed E-state index contributed by atoms with van der Waals surface area (Å²) in [5.41, 5.74) is 4.21. The second kappa shape index (κ2) is 11.5. The number of fused-ring (bicyclic) bond motifs is 1. The van der Waals surface area contributed by atoms with Crippen molar-refractivity contribution in [2.45, 2.75) is 58.7 Å². The SMILES string of the molecule is CCn1cc(Nc2nccc(-c3ccc4c(c3)CN(CCO)CC[C@@H]4NC(=O)c3nnc(C(C)(C)C)o3)n2)cn1. The minimum atomic E-state index is -0.406. The first kappa shape index (κ1) is 27.4. The number of nitrogens with one attached hydrogen (secondary N) is 2. The molecule has 0 unspecified atom stereocenters. The summed E-state index contributed by atoms with van der Waals surface area (Å²) in [7, 11) is 0. The van der Waals surface area contributed by atoms with E-state index in [0.29, 0.717) is 37.9 Å². The number of nitrogens with zero attached hydrogens (tertiary/aromatic N) is 7. The van der Waals surface area contributed by atoms with E-state index in [0.717, 1.165) is 34.6 Å². The quantitative estimate of drug-likeness (QED) is 0.301. The van der Waals surface area contributed by atoms with Crippen LogP contribution in [0.2, 0.25) is 0 Å². The van der Waals surface area contributed by atoms with Gasteiger partial charge in [-0.2, -0.15) is 5.10 Å². The summed E-state index contributed by atoms with van der Waals surface area (Å²) in [4.78, 5) is 24.3. The van der Waals surface area contributed by atoms with Crippen molar-refractivity contribution < 1.29 is 14.3 Å². The predicted octanol–water partition coefficient (Wildman–Crippen LogP) is 3.45. The van der Waals surface area contributed by atoms with Gasteiger partial charge in [0.2, 0.25) is 11.8 Å². The van der Waals surface area contributed by atoms with E-state index < -0.39 is 5.91 Å². The number of hydrogen-bond acceptors (Lipinski definition) is 10. The molecule has 12 heteroatoms. The molecule has 1 aromatic carbocycles. The number of benzene rings is 1. The highest BCUT2D eigenvalue weighted by Gasteiger charge is 2.28. The van der Waals surface area contributed by atoms with Crippen molar-refractivity contribution in [2.24, 2.45) is 0 Å². The van der Waals surface area contributed by atoms with Crippen molar-refractivity contribution in [1.29, 1.82) is 0 Å². The van der Waals surface area contributed by atoms with E-state index in [-0.39, 0.29) is 24.0 Å². The van der Waals surface area contributed by atoms with Crippen molar-refractivity contribution in [3.8, 4) is 11.3 Å². The fraction of sp³-hybridized carbons (Fsp3) is 0.429. The molecular formula is C28H35N9O3. The van der Waals surface area contributed by atoms with Gasteiger partial charge in [-0.25, -0.2) is 9.97 Å². The molecule has 1 aliphatic heterocycles. The summed E-state index contributed by atoms with van der Waals surface area (Å²) in [5.74, 6) is 0.432. The molecule has 1 amide bonds. The molecule has 0 aliphatic carbocycles. The number of hydrogen-bond donors (Lipinski definition) is 3. The zero-order valence-electron chi connectivity index (χ0n) is 23.3. The van der Waals surface area contributed by atoms with Gasteiger partial charge in [-0.05, 0) is 36.6 Å². The van der Waals surface area contributed by atoms with Crippen LogP contribution in [0, 0.1) is 0 Å². The molecule has 1 aliphatic rings. The molecule has 1 atom stereocenters. The normalized spacial score (nSPS) is 15.9. The molecule has 5 rings (SSSR count). The lowest BCUT2D eigenvalue weighted by atomic mass is 9.96. The molecule has 0 saturated carbocycles. The van der Waals surface area contributed by atoms with E-state index in [1.54, 1.807) is 12.4 Å². The third-order valence-electron chi connectivity index (χ3n) is 6.79. The van der Waals surface area contributed by atoms with Crippen LogP contribution in [0.5, 0.6) is 0 Å². The van der Waals surface area contributed by atoms with Gasteiger partial charge in [-0.3, -0.25) is 14.4 Å². The number of rotatable bonds is 8. The maximum atomic E-state index is 13.1. The average molecular weight is 546 g/mol. The first-order valence-corrected chi connectivity index (χ1v) is 13.5. The van der Waals surface area contributed by atoms with Crippen molar-refractivity contribution in [3.05, 3.63) is 65.8 Å². The summed E-state index contributed by atoms with van der Waals surface area (Å²) < 4.78 is 7.49. The van der Waals surface area contributed by atoms with E-state index >= 15 is 0 Å². The van der Waals surface area contributed by atoms with Crippen LogP contribution < -0.4 is 10.6 Å². The summed E-state index contributed by atoms with van der Waals surface area (Å²) >= 11 is 0. The topological polar surface area (TPSA) is 147 Å². The molecule has 0 fully saturated rings. The van der Waals surface area contributed by atoms with Crippen LogP contribution in [0.3, 0.4) is 0 Å². The maximum Gasteiger partial charge on any atom is 0.309 e. The monoisotopic (exact) mass is 545 g/mol. The fourth-order valence-electron chi connectivity index (χ4n) is 4.66. The molecule has 4 heterocycles. The molecule has 3 N–H and O–H groups in total. The summed E-state index contributed by atoms with van der Waals surface area (Å²) in [6.45, 7) is 10.6. The number of aryl methyl sites for hydroxylation is 1. The molecule has 12 nitrogen and oxygen atoms in total. The highest BCUT2D eigenvalue weighted by Crippen LogP contribution is 2.31. The lowest BCUT2D eigenvalue weighted by Gasteiger charge is -2.19. The predicted molar refractivity (Wildman–Crippen MR) is 149 cm³/mol. The minimum Gasteiger partial charge on any atom is -0.416 e. The Hall–Kier alpha value is -4.16. The van der Waals surface area contributed by atoms with E-state index in [1.807, 2.05) is 56.8 Å². The standard InChI is InChI=1S/C28H35N9O3/c1-5-37-17-20(15-30-37)31-27-29-10-8-22(33-27)18-6-7-21-19(14-18)16-36(12-13-38)11-9-23(21)32-24(39)25-34-35-26(40-25)28(2,3)4/h6-8,10,14-15,17,23,38H,5,9,11-13,16H2,1-4H3,(H,32,39)(H,29,31,33)/t23-/m0/s1. The zero-order chi connectivity index (χ0) is 28.3. The Labute approximate surface area is 232 Å². The Kier molecular flexibility index (Phi) is 7.90. The summed E-state index contributed by atoms with van der Waals surface area (Å²) in [6.07, 6.45) is 6.04. The average Bonchev–Trinajstić information content (AvgIpc) is 3.58. The van der Waals surface area contributed by atoms with E-state index in [4.69, 9.17) is 9.40 Å². The molecular weight excluding hydrogens is 510 g/mol. The Bertz CT molecular complexity index is 1470. The van der Waals surface area contributed by atoms with Crippen LogP contribution in [0.25, 0.3) is 11.3 Å². The van der Waals surface area contributed by atoms with E-state index in [1.165, 1.54) is 0 Å². The van der Waals surface area contributed by atoms with E-state index in [2.05, 4.69) is 41.9 Å². The van der Waals surface area contributed by atoms with Gasteiger partial charge in [-0.1, -0.05) is 32.9 Å². The first-order valence-electron chi connectivity index (χ1n) is 13.5. The molecule has 0 spiro atoms. The Morgan fingerprint density at radius 1 is 1.23 bits per heavy atom. The first-order chi connectivity index (χ1) is 19.2. The zero-order valence-corrected chi connectivity index (χ0v) is 23.3. The minimum absolute atomic E-state index is 0.0509. The highest BCUT2D eigenvalue weighted by molar-refractivity contribution is 5.89. The molecule has 0 bridgehead atoms. The van der Waals surface area contributed by atoms with Crippen molar-refractivity contribution >= 4 is 17.5 Å². The van der Waals surface area contributed by atoms with Crippen LogP contribution in [-0.2, 0) is 18.5 Å². The molecule has 3 aromatic heterocycles. The van der Waals surface area contributed by atoms with Gasteiger partial charge in [0.05, 0.1) is 30.2 Å². The maximum absolute atomic E-state index is 13.1.